The van der Waals surface area contributed by atoms with Crippen LogP contribution in [0.25, 0.3) is 0 Å². The molecule has 15 heavy (non-hydrogen) atoms. The molecule has 0 unspecified atom stereocenters. The Kier molecular flexibility index (Phi) is 4.55. The van der Waals surface area contributed by atoms with Crippen molar-refractivity contribution < 1.29 is 9.63 Å². The molecule has 4 nitrogen and oxygen atoms in total. The molecule has 1 rings (SSSR count). The van der Waals surface area contributed by atoms with Gasteiger partial charge < -0.3 is 10.2 Å². The van der Waals surface area contributed by atoms with E-state index in [1.807, 2.05) is 13.0 Å². The first kappa shape index (κ1) is 12.0. The van der Waals surface area contributed by atoms with Gasteiger partial charge in [0.25, 0.3) is 0 Å². The number of carbonyl (C=O) groups is 1. The molecule has 0 bridgehead atoms. The number of aryl methyl sites for hydroxylation is 1. The minimum Gasteiger partial charge on any atom is -0.325 e. The van der Waals surface area contributed by atoms with E-state index in [-0.39, 0.29) is 12.5 Å². The maximum atomic E-state index is 11.3. The van der Waals surface area contributed by atoms with E-state index in [1.165, 1.54) is 7.11 Å². The molecular formula is C10H13ClN2O2. The lowest BCUT2D eigenvalue weighted by atomic mass is 10.2. The Morgan fingerprint density at radius 3 is 2.93 bits per heavy atom. The van der Waals surface area contributed by atoms with Crippen molar-refractivity contribution in [2.45, 2.75) is 6.92 Å². The van der Waals surface area contributed by atoms with Crippen LogP contribution < -0.4 is 10.8 Å². The summed E-state index contributed by atoms with van der Waals surface area (Å²) in [6.07, 6.45) is 0. The highest BCUT2D eigenvalue weighted by atomic mass is 35.5. The van der Waals surface area contributed by atoms with Crippen LogP contribution in [0.1, 0.15) is 5.56 Å². The van der Waals surface area contributed by atoms with Crippen LogP contribution in [0.2, 0.25) is 5.02 Å². The quantitative estimate of drug-likeness (QED) is 0.772. The van der Waals surface area contributed by atoms with Gasteiger partial charge in [-0.25, -0.2) is 0 Å². The number of hydroxylamine groups is 1. The van der Waals surface area contributed by atoms with Crippen LogP contribution in [-0.2, 0) is 9.63 Å². The van der Waals surface area contributed by atoms with E-state index in [0.29, 0.717) is 10.7 Å². The number of hydrogen-bond acceptors (Lipinski definition) is 3. The molecule has 2 N–H and O–H groups in total. The second-order valence-electron chi connectivity index (χ2n) is 3.03. The van der Waals surface area contributed by atoms with Gasteiger partial charge in [0.05, 0.1) is 7.11 Å². The van der Waals surface area contributed by atoms with Crippen molar-refractivity contribution in [3.05, 3.63) is 28.8 Å². The lowest BCUT2D eigenvalue weighted by Gasteiger charge is -2.08. The van der Waals surface area contributed by atoms with Gasteiger partial charge in [0.1, 0.15) is 6.54 Å². The molecule has 5 heteroatoms. The van der Waals surface area contributed by atoms with Gasteiger partial charge in [-0.1, -0.05) is 17.7 Å². The zero-order valence-electron chi connectivity index (χ0n) is 8.63. The molecule has 0 saturated heterocycles. The molecule has 82 valence electrons. The smallest absolute Gasteiger partial charge is 0.240 e. The summed E-state index contributed by atoms with van der Waals surface area (Å²) in [4.78, 5) is 15.9. The Bertz CT molecular complexity index is 355. The predicted molar refractivity (Wildman–Crippen MR) is 59.8 cm³/mol. The van der Waals surface area contributed by atoms with E-state index in [9.17, 15) is 4.79 Å². The van der Waals surface area contributed by atoms with Crippen molar-refractivity contribution in [3.8, 4) is 0 Å². The monoisotopic (exact) mass is 228 g/mol. The Morgan fingerprint density at radius 2 is 2.27 bits per heavy atom. The minimum absolute atomic E-state index is 0.0997. The topological polar surface area (TPSA) is 50.4 Å². The van der Waals surface area contributed by atoms with Crippen LogP contribution >= 0.6 is 11.6 Å². The van der Waals surface area contributed by atoms with Crippen molar-refractivity contribution >= 4 is 23.2 Å². The van der Waals surface area contributed by atoms with Crippen molar-refractivity contribution in [3.63, 3.8) is 0 Å². The van der Waals surface area contributed by atoms with Crippen LogP contribution in [0, 0.1) is 6.92 Å². The van der Waals surface area contributed by atoms with Crippen molar-refractivity contribution in [2.24, 2.45) is 0 Å². The van der Waals surface area contributed by atoms with Crippen LogP contribution in [0.4, 0.5) is 5.69 Å². The van der Waals surface area contributed by atoms with Crippen LogP contribution in [0.5, 0.6) is 0 Å². The van der Waals surface area contributed by atoms with Crippen LogP contribution in [-0.4, -0.2) is 19.6 Å². The van der Waals surface area contributed by atoms with Gasteiger partial charge in [-0.3, -0.25) is 4.79 Å². The van der Waals surface area contributed by atoms with E-state index >= 15 is 0 Å². The number of halogens is 1. The number of benzene rings is 1. The van der Waals surface area contributed by atoms with Crippen molar-refractivity contribution in [2.75, 3.05) is 19.0 Å². The fraction of sp³-hybridized carbons (Fsp3) is 0.300. The summed E-state index contributed by atoms with van der Waals surface area (Å²) in [6, 6.07) is 5.34. The van der Waals surface area contributed by atoms with E-state index in [0.717, 1.165) is 5.56 Å². The largest absolute Gasteiger partial charge is 0.325 e. The molecule has 0 spiro atoms. The number of nitrogens with one attached hydrogen (secondary N) is 2. The highest BCUT2D eigenvalue weighted by Crippen LogP contribution is 2.19. The molecule has 0 aromatic heterocycles. The maximum absolute atomic E-state index is 11.3. The van der Waals surface area contributed by atoms with Gasteiger partial charge >= 0.3 is 0 Å². The Balaban J connectivity index is 2.63. The standard InChI is InChI=1S/C10H13ClN2O2/c1-7-3-4-8(11)5-9(7)13-10(14)6-12-15-2/h3-5,12H,6H2,1-2H3,(H,13,14). The first-order chi connectivity index (χ1) is 7.13. The summed E-state index contributed by atoms with van der Waals surface area (Å²) in [6.45, 7) is 2.00. The fourth-order valence-electron chi connectivity index (χ4n) is 1.06. The van der Waals surface area contributed by atoms with E-state index in [4.69, 9.17) is 11.6 Å². The summed E-state index contributed by atoms with van der Waals surface area (Å²) in [7, 11) is 1.46. The molecule has 0 aliphatic carbocycles. The second kappa shape index (κ2) is 5.70. The lowest BCUT2D eigenvalue weighted by molar-refractivity contribution is -0.117. The third kappa shape index (κ3) is 3.87. The summed E-state index contributed by atoms with van der Waals surface area (Å²) in [5.41, 5.74) is 4.13. The van der Waals surface area contributed by atoms with Gasteiger partial charge in [-0.2, -0.15) is 5.48 Å². The lowest BCUT2D eigenvalue weighted by Crippen LogP contribution is -2.27. The summed E-state index contributed by atoms with van der Waals surface area (Å²) >= 11 is 5.81. The third-order valence-electron chi connectivity index (χ3n) is 1.85. The Morgan fingerprint density at radius 1 is 1.53 bits per heavy atom. The highest BCUT2D eigenvalue weighted by molar-refractivity contribution is 6.31. The molecule has 0 radical (unpaired) electrons. The van der Waals surface area contributed by atoms with Gasteiger partial charge in [-0.05, 0) is 24.6 Å². The Hall–Kier alpha value is -1.10. The molecule has 1 aromatic carbocycles. The first-order valence-corrected chi connectivity index (χ1v) is 4.83. The zero-order chi connectivity index (χ0) is 11.3. The Labute approximate surface area is 93.5 Å². The zero-order valence-corrected chi connectivity index (χ0v) is 9.39. The molecule has 0 heterocycles. The van der Waals surface area contributed by atoms with Gasteiger partial charge in [0, 0.05) is 10.7 Å². The van der Waals surface area contributed by atoms with Crippen LogP contribution in [0.3, 0.4) is 0 Å². The second-order valence-corrected chi connectivity index (χ2v) is 3.47. The fourth-order valence-corrected chi connectivity index (χ4v) is 1.23. The number of hydrogen-bond donors (Lipinski definition) is 2. The number of amides is 1. The van der Waals surface area contributed by atoms with E-state index in [1.54, 1.807) is 12.1 Å². The van der Waals surface area contributed by atoms with E-state index in [2.05, 4.69) is 15.6 Å². The first-order valence-electron chi connectivity index (χ1n) is 4.45. The maximum Gasteiger partial charge on any atom is 0.240 e. The predicted octanol–water partition coefficient (Wildman–Crippen LogP) is 1.74. The van der Waals surface area contributed by atoms with Gasteiger partial charge in [0.15, 0.2) is 0 Å². The average Bonchev–Trinajstić information content (AvgIpc) is 2.20. The summed E-state index contributed by atoms with van der Waals surface area (Å²) in [5.74, 6) is -0.179. The summed E-state index contributed by atoms with van der Waals surface area (Å²) < 4.78 is 0. The molecule has 0 aliphatic rings. The SMILES string of the molecule is CONCC(=O)Nc1cc(Cl)ccc1C. The molecule has 0 atom stereocenters. The molecular weight excluding hydrogens is 216 g/mol. The average molecular weight is 229 g/mol. The molecule has 1 aromatic rings. The third-order valence-corrected chi connectivity index (χ3v) is 2.09. The van der Waals surface area contributed by atoms with Gasteiger partial charge in [-0.15, -0.1) is 0 Å². The summed E-state index contributed by atoms with van der Waals surface area (Å²) in [5, 5.41) is 3.31. The molecule has 0 aliphatic heterocycles. The van der Waals surface area contributed by atoms with Crippen LogP contribution in [0.15, 0.2) is 18.2 Å². The number of rotatable bonds is 4. The normalized spacial score (nSPS) is 10.1. The molecule has 1 amide bonds. The molecule has 0 fully saturated rings. The molecule has 0 saturated carbocycles. The van der Waals surface area contributed by atoms with Crippen molar-refractivity contribution in [1.82, 2.24) is 5.48 Å². The van der Waals surface area contributed by atoms with E-state index < -0.39 is 0 Å². The highest BCUT2D eigenvalue weighted by Gasteiger charge is 2.04. The van der Waals surface area contributed by atoms with Crippen molar-refractivity contribution in [1.29, 1.82) is 0 Å². The minimum atomic E-state index is -0.179. The number of carbonyl (C=O) groups excluding carboxylic acids is 1. The number of anilines is 1. The van der Waals surface area contributed by atoms with Gasteiger partial charge in [0.2, 0.25) is 5.91 Å².